The number of amides is 3. The van der Waals surface area contributed by atoms with Crippen molar-refractivity contribution in [2.24, 2.45) is 18.9 Å². The Labute approximate surface area is 240 Å². The van der Waals surface area contributed by atoms with Gasteiger partial charge in [-0.2, -0.15) is 5.10 Å². The molecule has 1 aromatic heterocycles. The Balaban J connectivity index is 0.00000124. The summed E-state index contributed by atoms with van der Waals surface area (Å²) in [4.78, 5) is 39.2. The highest BCUT2D eigenvalue weighted by atomic mass is 19.3. The second-order valence-corrected chi connectivity index (χ2v) is 11.5. The zero-order valence-corrected chi connectivity index (χ0v) is 24.6. The molecule has 3 fully saturated rings. The van der Waals surface area contributed by atoms with E-state index < -0.39 is 30.4 Å². The zero-order valence-electron chi connectivity index (χ0n) is 24.6. The molecule has 0 aliphatic carbocycles. The number of aromatic nitrogens is 2. The quantitative estimate of drug-likeness (QED) is 0.491. The molecule has 0 spiro atoms. The minimum Gasteiger partial charge on any atom is -0.450 e. The number of hydrogen-bond donors (Lipinski definition) is 1. The standard InChI is InChI=1S/C27H35F2N5O4.C3H8/c1-3-38-26(37)34-13-10-18(27(28,29)16-34)14-17-8-11-33(12-9-17)19-4-5-20-22(15-19)32(2)31-24(20)21-6-7-23(35)30-25(21)36;1-3-2/h4-5,15,17-18,21H,3,6-14,16H2,1-2H3,(H,30,35,36);3H2,1-2H3/t18-,21?;/m0./s1. The second-order valence-electron chi connectivity index (χ2n) is 11.5. The number of carbonyl (C=O) groups is 3. The SMILES string of the molecule is CCC.CCOC(=O)N1CC[C@@H](CC2CCN(c3ccc4c(C5CCC(=O)NC5=O)nn(C)c4c3)CC2)C(F)(F)C1. The van der Waals surface area contributed by atoms with Crippen LogP contribution in [0.4, 0.5) is 19.3 Å². The van der Waals surface area contributed by atoms with Gasteiger partial charge in [-0.1, -0.05) is 20.3 Å². The Bertz CT molecular complexity index is 1240. The minimum absolute atomic E-state index is 0.178. The summed E-state index contributed by atoms with van der Waals surface area (Å²) in [6.45, 7) is 7.40. The minimum atomic E-state index is -2.91. The van der Waals surface area contributed by atoms with E-state index >= 15 is 0 Å². The van der Waals surface area contributed by atoms with Crippen LogP contribution in [0.25, 0.3) is 10.9 Å². The monoisotopic (exact) mass is 575 g/mol. The highest BCUT2D eigenvalue weighted by Crippen LogP contribution is 2.40. The molecule has 3 amide bonds. The normalized spacial score (nSPS) is 23.2. The predicted molar refractivity (Wildman–Crippen MR) is 153 cm³/mol. The van der Waals surface area contributed by atoms with E-state index in [4.69, 9.17) is 4.74 Å². The number of ether oxygens (including phenoxy) is 1. The number of anilines is 1. The number of rotatable bonds is 5. The first-order chi connectivity index (χ1) is 19.6. The Hall–Kier alpha value is -3.24. The summed E-state index contributed by atoms with van der Waals surface area (Å²) in [5.74, 6) is -4.41. The van der Waals surface area contributed by atoms with E-state index in [9.17, 15) is 23.2 Å². The highest BCUT2D eigenvalue weighted by Gasteiger charge is 2.47. The first kappa shape index (κ1) is 30.7. The Morgan fingerprint density at radius 2 is 1.80 bits per heavy atom. The van der Waals surface area contributed by atoms with Gasteiger partial charge in [-0.15, -0.1) is 0 Å². The van der Waals surface area contributed by atoms with Crippen molar-refractivity contribution in [2.45, 2.75) is 77.6 Å². The van der Waals surface area contributed by atoms with Crippen LogP contribution in [0.3, 0.4) is 0 Å². The fourth-order valence-corrected chi connectivity index (χ4v) is 6.16. The van der Waals surface area contributed by atoms with Crippen molar-refractivity contribution < 1.29 is 27.9 Å². The maximum Gasteiger partial charge on any atom is 0.409 e. The van der Waals surface area contributed by atoms with Gasteiger partial charge in [-0.05, 0) is 63.1 Å². The van der Waals surface area contributed by atoms with E-state index in [0.717, 1.165) is 47.4 Å². The summed E-state index contributed by atoms with van der Waals surface area (Å²) >= 11 is 0. The van der Waals surface area contributed by atoms with Gasteiger partial charge in [0.15, 0.2) is 0 Å². The van der Waals surface area contributed by atoms with E-state index in [-0.39, 0.29) is 24.3 Å². The molecule has 41 heavy (non-hydrogen) atoms. The van der Waals surface area contributed by atoms with Gasteiger partial charge in [-0.25, -0.2) is 13.6 Å². The molecule has 0 bridgehead atoms. The average molecular weight is 576 g/mol. The van der Waals surface area contributed by atoms with Gasteiger partial charge in [0.05, 0.1) is 30.3 Å². The lowest BCUT2D eigenvalue weighted by molar-refractivity contribution is -0.134. The maximum absolute atomic E-state index is 14.9. The van der Waals surface area contributed by atoms with Gasteiger partial charge in [0, 0.05) is 50.1 Å². The molecule has 2 aromatic rings. The van der Waals surface area contributed by atoms with Gasteiger partial charge in [0.25, 0.3) is 5.92 Å². The third kappa shape index (κ3) is 6.98. The molecule has 4 heterocycles. The summed E-state index contributed by atoms with van der Waals surface area (Å²) in [7, 11) is 1.85. The summed E-state index contributed by atoms with van der Waals surface area (Å²) in [6, 6.07) is 6.08. The summed E-state index contributed by atoms with van der Waals surface area (Å²) < 4.78 is 36.4. The largest absolute Gasteiger partial charge is 0.450 e. The molecular weight excluding hydrogens is 532 g/mol. The van der Waals surface area contributed by atoms with Crippen molar-refractivity contribution in [3.05, 3.63) is 23.9 Å². The van der Waals surface area contributed by atoms with Crippen molar-refractivity contribution in [1.82, 2.24) is 20.0 Å². The predicted octanol–water partition coefficient (Wildman–Crippen LogP) is 5.23. The lowest BCUT2D eigenvalue weighted by Gasteiger charge is -2.41. The van der Waals surface area contributed by atoms with Crippen LogP contribution in [-0.4, -0.2) is 71.3 Å². The van der Waals surface area contributed by atoms with E-state index in [1.807, 2.05) is 19.2 Å². The molecule has 1 unspecified atom stereocenters. The number of nitrogens with zero attached hydrogens (tertiary/aromatic N) is 4. The van der Waals surface area contributed by atoms with E-state index in [1.54, 1.807) is 11.6 Å². The fourth-order valence-electron chi connectivity index (χ4n) is 6.16. The second kappa shape index (κ2) is 13.2. The number of alkyl halides is 2. The number of aryl methyl sites for hydroxylation is 1. The summed E-state index contributed by atoms with van der Waals surface area (Å²) in [5, 5.41) is 7.92. The molecular formula is C30H43F2N5O4. The van der Waals surface area contributed by atoms with Crippen LogP contribution < -0.4 is 10.2 Å². The van der Waals surface area contributed by atoms with Crippen LogP contribution in [0, 0.1) is 11.8 Å². The number of imide groups is 1. The number of nitrogens with one attached hydrogen (secondary N) is 1. The molecule has 5 rings (SSSR count). The Morgan fingerprint density at radius 3 is 2.44 bits per heavy atom. The number of halogens is 2. The van der Waals surface area contributed by atoms with E-state index in [2.05, 4.69) is 35.2 Å². The fraction of sp³-hybridized carbons (Fsp3) is 0.667. The number of carbonyl (C=O) groups excluding carboxylic acids is 3. The molecule has 9 nitrogen and oxygen atoms in total. The van der Waals surface area contributed by atoms with Gasteiger partial charge in [0.1, 0.15) is 0 Å². The number of piperidine rings is 3. The van der Waals surface area contributed by atoms with Gasteiger partial charge in [0.2, 0.25) is 11.8 Å². The molecule has 3 aliphatic rings. The topological polar surface area (TPSA) is 96.8 Å². The molecule has 3 aliphatic heterocycles. The van der Waals surface area contributed by atoms with Crippen LogP contribution in [0.5, 0.6) is 0 Å². The number of fused-ring (bicyclic) bond motifs is 1. The molecule has 1 N–H and O–H groups in total. The molecule has 1 aromatic carbocycles. The number of hydrogen-bond acceptors (Lipinski definition) is 6. The van der Waals surface area contributed by atoms with Crippen LogP contribution in [-0.2, 0) is 21.4 Å². The van der Waals surface area contributed by atoms with E-state index in [1.165, 1.54) is 6.42 Å². The molecule has 0 saturated carbocycles. The molecule has 3 saturated heterocycles. The van der Waals surface area contributed by atoms with Crippen molar-refractivity contribution in [2.75, 3.05) is 37.7 Å². The van der Waals surface area contributed by atoms with Crippen molar-refractivity contribution in [1.29, 1.82) is 0 Å². The molecule has 0 radical (unpaired) electrons. The van der Waals surface area contributed by atoms with Gasteiger partial charge in [-0.3, -0.25) is 19.6 Å². The Kier molecular flexibility index (Phi) is 9.86. The summed E-state index contributed by atoms with van der Waals surface area (Å²) in [6.07, 6.45) is 3.77. The summed E-state index contributed by atoms with van der Waals surface area (Å²) in [5.41, 5.74) is 2.65. The lowest BCUT2D eigenvalue weighted by atomic mass is 9.81. The Morgan fingerprint density at radius 1 is 1.10 bits per heavy atom. The van der Waals surface area contributed by atoms with Gasteiger partial charge < -0.3 is 14.5 Å². The number of likely N-dealkylation sites (tertiary alicyclic amines) is 1. The van der Waals surface area contributed by atoms with Crippen molar-refractivity contribution in [3.63, 3.8) is 0 Å². The van der Waals surface area contributed by atoms with Crippen LogP contribution in [0.1, 0.15) is 77.3 Å². The highest BCUT2D eigenvalue weighted by molar-refractivity contribution is 6.02. The van der Waals surface area contributed by atoms with Crippen LogP contribution >= 0.6 is 0 Å². The first-order valence-electron chi connectivity index (χ1n) is 14.9. The third-order valence-electron chi connectivity index (χ3n) is 8.30. The van der Waals surface area contributed by atoms with Crippen LogP contribution in [0.15, 0.2) is 18.2 Å². The van der Waals surface area contributed by atoms with Gasteiger partial charge >= 0.3 is 6.09 Å². The van der Waals surface area contributed by atoms with Crippen LogP contribution in [0.2, 0.25) is 0 Å². The first-order valence-corrected chi connectivity index (χ1v) is 14.9. The van der Waals surface area contributed by atoms with E-state index in [0.29, 0.717) is 37.9 Å². The van der Waals surface area contributed by atoms with Crippen molar-refractivity contribution in [3.8, 4) is 0 Å². The van der Waals surface area contributed by atoms with Crippen molar-refractivity contribution >= 4 is 34.5 Å². The average Bonchev–Trinajstić information content (AvgIpc) is 3.26. The smallest absolute Gasteiger partial charge is 0.409 e. The molecule has 2 atom stereocenters. The molecule has 11 heteroatoms. The lowest BCUT2D eigenvalue weighted by Crippen LogP contribution is -2.51. The zero-order chi connectivity index (χ0) is 29.7. The number of benzene rings is 1. The third-order valence-corrected chi connectivity index (χ3v) is 8.30. The molecule has 226 valence electrons. The maximum atomic E-state index is 14.9.